The number of nitrogen functional groups attached to an aromatic ring is 1. The van der Waals surface area contributed by atoms with E-state index in [0.717, 1.165) is 24.3 Å². The van der Waals surface area contributed by atoms with Crippen LogP contribution in [0.5, 0.6) is 0 Å². The average Bonchev–Trinajstić information content (AvgIpc) is 3.23. The fourth-order valence-electron chi connectivity index (χ4n) is 2.81. The number of rotatable bonds is 3. The van der Waals surface area contributed by atoms with Crippen LogP contribution in [0.15, 0.2) is 61.2 Å². The van der Waals surface area contributed by atoms with Crippen molar-refractivity contribution in [2.24, 2.45) is 0 Å². The highest BCUT2D eigenvalue weighted by atomic mass is 35.5. The van der Waals surface area contributed by atoms with Crippen LogP contribution in [-0.4, -0.2) is 24.5 Å². The second kappa shape index (κ2) is 9.85. The van der Waals surface area contributed by atoms with Gasteiger partial charge in [0.25, 0.3) is 0 Å². The van der Waals surface area contributed by atoms with E-state index in [1.807, 2.05) is 0 Å². The molecule has 0 atom stereocenters. The third kappa shape index (κ3) is 5.75. The molecule has 3 aromatic heterocycles. The summed E-state index contributed by atoms with van der Waals surface area (Å²) in [5.74, 6) is -0.0625. The zero-order valence-electron chi connectivity index (χ0n) is 16.7. The minimum Gasteiger partial charge on any atom is -0.384 e. The van der Waals surface area contributed by atoms with E-state index >= 15 is 0 Å². The van der Waals surface area contributed by atoms with Crippen molar-refractivity contribution < 1.29 is 26.3 Å². The summed E-state index contributed by atoms with van der Waals surface area (Å²) in [5, 5.41) is 0. The van der Waals surface area contributed by atoms with Gasteiger partial charge in [-0.3, -0.25) is 4.57 Å². The zero-order chi connectivity index (χ0) is 23.1. The monoisotopic (exact) mass is 522 g/mol. The van der Waals surface area contributed by atoms with E-state index in [1.165, 1.54) is 29.4 Å². The molecule has 0 aliphatic carbocycles. The Morgan fingerprint density at radius 3 is 1.94 bits per heavy atom. The molecular weight excluding hydrogens is 509 g/mol. The molecule has 4 rings (SSSR count). The molecule has 4 aromatic rings. The summed E-state index contributed by atoms with van der Waals surface area (Å²) in [4.78, 5) is 15.7. The van der Waals surface area contributed by atoms with Crippen LogP contribution < -0.4 is 5.73 Å². The molecule has 0 spiro atoms. The fraction of sp³-hybridized carbons (Fsp3) is 0.100. The quantitative estimate of drug-likeness (QED) is 0.341. The number of alkyl halides is 6. The molecule has 0 bridgehead atoms. The molecule has 0 aliphatic heterocycles. The van der Waals surface area contributed by atoms with E-state index in [4.69, 9.17) is 5.73 Å². The topological polar surface area (TPSA) is 82.5 Å². The van der Waals surface area contributed by atoms with E-state index < -0.39 is 23.6 Å². The van der Waals surface area contributed by atoms with Gasteiger partial charge in [-0.25, -0.2) is 19.9 Å². The van der Waals surface area contributed by atoms with Gasteiger partial charge in [-0.05, 0) is 30.3 Å². The number of imidazole rings is 1. The minimum absolute atomic E-state index is 0. The predicted octanol–water partition coefficient (Wildman–Crippen LogP) is 5.85. The number of pyridine rings is 1. The van der Waals surface area contributed by atoms with Gasteiger partial charge in [0.15, 0.2) is 5.69 Å². The Morgan fingerprint density at radius 1 is 0.735 bits per heavy atom. The molecule has 0 amide bonds. The molecule has 180 valence electrons. The molecule has 6 nitrogen and oxygen atoms in total. The van der Waals surface area contributed by atoms with Gasteiger partial charge in [0.2, 0.25) is 5.95 Å². The van der Waals surface area contributed by atoms with Gasteiger partial charge >= 0.3 is 12.4 Å². The Morgan fingerprint density at radius 2 is 1.38 bits per heavy atom. The van der Waals surface area contributed by atoms with Gasteiger partial charge < -0.3 is 5.73 Å². The van der Waals surface area contributed by atoms with Crippen LogP contribution in [0, 0.1) is 0 Å². The highest BCUT2D eigenvalue weighted by Crippen LogP contribution is 2.33. The van der Waals surface area contributed by atoms with Gasteiger partial charge in [0.05, 0.1) is 17.0 Å². The number of aromatic nitrogens is 5. The van der Waals surface area contributed by atoms with Crippen molar-refractivity contribution in [3.05, 3.63) is 72.4 Å². The molecule has 0 aliphatic rings. The smallest absolute Gasteiger partial charge is 0.384 e. The van der Waals surface area contributed by atoms with Crippen LogP contribution in [0.1, 0.15) is 11.3 Å². The van der Waals surface area contributed by atoms with Crippen molar-refractivity contribution in [3.8, 4) is 28.5 Å². The van der Waals surface area contributed by atoms with Crippen molar-refractivity contribution in [1.82, 2.24) is 24.5 Å². The maximum atomic E-state index is 13.4. The molecule has 34 heavy (non-hydrogen) atoms. The third-order valence-electron chi connectivity index (χ3n) is 4.41. The van der Waals surface area contributed by atoms with Gasteiger partial charge in [0, 0.05) is 23.5 Å². The van der Waals surface area contributed by atoms with E-state index in [0.29, 0.717) is 17.3 Å². The van der Waals surface area contributed by atoms with E-state index in [1.54, 1.807) is 6.07 Å². The molecule has 3 heterocycles. The molecule has 1 aromatic carbocycles. The lowest BCUT2D eigenvalue weighted by molar-refractivity contribution is -0.141. The lowest BCUT2D eigenvalue weighted by Crippen LogP contribution is -2.12. The number of nitrogens with zero attached hydrogens (tertiary/aromatic N) is 5. The SMILES string of the molecule is Cl.Cl.Nc1ccc(-c2cn(-c3nc(-c4ccc(C(F)(F)F)cc4)cc(C(F)(F)F)n3)cn2)cn1. The molecular formula is C20H14Cl2F6N6. The van der Waals surface area contributed by atoms with Crippen LogP contribution in [0.2, 0.25) is 0 Å². The lowest BCUT2D eigenvalue weighted by atomic mass is 10.1. The first-order valence-corrected chi connectivity index (χ1v) is 8.91. The van der Waals surface area contributed by atoms with Gasteiger partial charge in [0.1, 0.15) is 12.1 Å². The van der Waals surface area contributed by atoms with E-state index in [2.05, 4.69) is 19.9 Å². The van der Waals surface area contributed by atoms with Crippen LogP contribution in [0.4, 0.5) is 32.2 Å². The summed E-state index contributed by atoms with van der Waals surface area (Å²) < 4.78 is 79.8. The Hall–Kier alpha value is -3.38. The van der Waals surface area contributed by atoms with Crippen molar-refractivity contribution in [2.75, 3.05) is 5.73 Å². The van der Waals surface area contributed by atoms with Gasteiger partial charge in [-0.15, -0.1) is 24.8 Å². The predicted molar refractivity (Wildman–Crippen MR) is 117 cm³/mol. The van der Waals surface area contributed by atoms with Crippen molar-refractivity contribution in [2.45, 2.75) is 12.4 Å². The summed E-state index contributed by atoms with van der Waals surface area (Å²) in [6.07, 6.45) is -5.31. The highest BCUT2D eigenvalue weighted by molar-refractivity contribution is 5.85. The zero-order valence-corrected chi connectivity index (χ0v) is 18.3. The lowest BCUT2D eigenvalue weighted by Gasteiger charge is -2.12. The number of nitrogens with two attached hydrogens (primary N) is 1. The second-order valence-corrected chi connectivity index (χ2v) is 6.65. The Balaban J connectivity index is 0.00000204. The molecule has 0 saturated carbocycles. The summed E-state index contributed by atoms with van der Waals surface area (Å²) >= 11 is 0. The van der Waals surface area contributed by atoms with Gasteiger partial charge in [-0.1, -0.05) is 12.1 Å². The fourth-order valence-corrected chi connectivity index (χ4v) is 2.81. The number of anilines is 1. The third-order valence-corrected chi connectivity index (χ3v) is 4.41. The average molecular weight is 523 g/mol. The number of hydrogen-bond donors (Lipinski definition) is 1. The van der Waals surface area contributed by atoms with Crippen LogP contribution in [-0.2, 0) is 12.4 Å². The molecule has 0 unspecified atom stereocenters. The number of benzene rings is 1. The van der Waals surface area contributed by atoms with Crippen LogP contribution in [0.3, 0.4) is 0 Å². The molecule has 2 N–H and O–H groups in total. The Labute approximate surface area is 200 Å². The first-order chi connectivity index (χ1) is 15.0. The van der Waals surface area contributed by atoms with Crippen molar-refractivity contribution in [3.63, 3.8) is 0 Å². The summed E-state index contributed by atoms with van der Waals surface area (Å²) in [5.41, 5.74) is 4.18. The minimum atomic E-state index is -4.80. The molecule has 14 heteroatoms. The van der Waals surface area contributed by atoms with Gasteiger partial charge in [-0.2, -0.15) is 26.3 Å². The summed E-state index contributed by atoms with van der Waals surface area (Å²) in [6, 6.07) is 7.49. The molecule has 0 saturated heterocycles. The summed E-state index contributed by atoms with van der Waals surface area (Å²) in [6.45, 7) is 0. The van der Waals surface area contributed by atoms with Crippen molar-refractivity contribution in [1.29, 1.82) is 0 Å². The standard InChI is InChI=1S/C20H12F6N6.2ClH/c21-19(22,23)13-4-1-11(2-5-13)14-7-16(20(24,25)26)31-18(30-14)32-9-15(29-10-32)12-3-6-17(27)28-8-12;;/h1-10H,(H2,27,28);2*1H. The summed E-state index contributed by atoms with van der Waals surface area (Å²) in [7, 11) is 0. The first-order valence-electron chi connectivity index (χ1n) is 8.91. The van der Waals surface area contributed by atoms with Crippen LogP contribution in [0.25, 0.3) is 28.5 Å². The number of halogens is 8. The maximum Gasteiger partial charge on any atom is 0.433 e. The second-order valence-electron chi connectivity index (χ2n) is 6.65. The molecule has 0 fully saturated rings. The molecule has 0 radical (unpaired) electrons. The normalized spacial score (nSPS) is 11.5. The van der Waals surface area contributed by atoms with Crippen molar-refractivity contribution >= 4 is 30.6 Å². The van der Waals surface area contributed by atoms with E-state index in [-0.39, 0.29) is 47.8 Å². The largest absolute Gasteiger partial charge is 0.433 e. The van der Waals surface area contributed by atoms with Crippen LogP contribution >= 0.6 is 24.8 Å². The first kappa shape index (κ1) is 26.9. The van der Waals surface area contributed by atoms with E-state index in [9.17, 15) is 26.3 Å². The number of hydrogen-bond acceptors (Lipinski definition) is 5. The maximum absolute atomic E-state index is 13.4. The Kier molecular flexibility index (Phi) is 7.79. The highest BCUT2D eigenvalue weighted by Gasteiger charge is 2.34. The Bertz CT molecular complexity index is 1250.